The van der Waals surface area contributed by atoms with Crippen molar-refractivity contribution in [3.63, 3.8) is 0 Å². The first-order valence-electron chi connectivity index (χ1n) is 9.64. The molecule has 3 rings (SSSR count). The maximum absolute atomic E-state index is 13.4. The van der Waals surface area contributed by atoms with E-state index in [-0.39, 0.29) is 11.9 Å². The van der Waals surface area contributed by atoms with Gasteiger partial charge in [0, 0.05) is 19.1 Å². The van der Waals surface area contributed by atoms with Crippen LogP contribution >= 0.6 is 0 Å². The van der Waals surface area contributed by atoms with Crippen molar-refractivity contribution in [2.45, 2.75) is 63.3 Å². The Hall–Kier alpha value is -1.40. The van der Waals surface area contributed by atoms with E-state index in [1.165, 1.54) is 22.5 Å². The topological polar surface area (TPSA) is 66.5 Å². The molecule has 144 valence electrons. The summed E-state index contributed by atoms with van der Waals surface area (Å²) >= 11 is 0. The van der Waals surface area contributed by atoms with E-state index in [0.29, 0.717) is 13.1 Å². The number of nitrogens with zero attached hydrogens (tertiary/aromatic N) is 1. The van der Waals surface area contributed by atoms with Crippen LogP contribution < -0.4 is 5.32 Å². The number of hydrogen-bond donors (Lipinski definition) is 1. The molecular formula is C20H30N2O3S. The number of carbonyl (C=O) groups is 1. The third-order valence-electron chi connectivity index (χ3n) is 5.90. The number of carbonyl (C=O) groups excluding carboxylic acids is 1. The molecule has 1 aliphatic heterocycles. The van der Waals surface area contributed by atoms with Crippen LogP contribution in [0, 0.1) is 6.92 Å². The van der Waals surface area contributed by atoms with Crippen molar-refractivity contribution in [1.29, 1.82) is 0 Å². The zero-order chi connectivity index (χ0) is 18.8. The summed E-state index contributed by atoms with van der Waals surface area (Å²) in [6, 6.07) is 8.19. The number of aryl methyl sites for hydroxylation is 1. The smallest absolute Gasteiger partial charge is 0.230 e. The molecule has 1 unspecified atom stereocenters. The predicted molar refractivity (Wildman–Crippen MR) is 104 cm³/mol. The lowest BCUT2D eigenvalue weighted by atomic mass is 9.68. The highest BCUT2D eigenvalue weighted by Crippen LogP contribution is 2.40. The first-order valence-corrected chi connectivity index (χ1v) is 11.5. The van der Waals surface area contributed by atoms with Gasteiger partial charge in [-0.05, 0) is 38.2 Å². The van der Waals surface area contributed by atoms with E-state index in [1.807, 2.05) is 6.07 Å². The van der Waals surface area contributed by atoms with Crippen LogP contribution in [0.25, 0.3) is 0 Å². The number of nitrogens with one attached hydrogen (secondary N) is 1. The van der Waals surface area contributed by atoms with E-state index < -0.39 is 15.4 Å². The average molecular weight is 379 g/mol. The lowest BCUT2D eigenvalue weighted by Gasteiger charge is -2.39. The van der Waals surface area contributed by atoms with Gasteiger partial charge in [0.1, 0.15) is 0 Å². The van der Waals surface area contributed by atoms with Gasteiger partial charge in [0.2, 0.25) is 15.9 Å². The van der Waals surface area contributed by atoms with E-state index in [1.54, 1.807) is 0 Å². The van der Waals surface area contributed by atoms with Gasteiger partial charge in [-0.25, -0.2) is 12.7 Å². The number of amides is 1. The summed E-state index contributed by atoms with van der Waals surface area (Å²) in [6.07, 6.45) is 7.88. The van der Waals surface area contributed by atoms with Crippen molar-refractivity contribution in [3.8, 4) is 0 Å². The summed E-state index contributed by atoms with van der Waals surface area (Å²) in [5, 5.41) is 3.20. The van der Waals surface area contributed by atoms with Gasteiger partial charge in [-0.3, -0.25) is 4.79 Å². The molecular weight excluding hydrogens is 348 g/mol. The molecule has 1 heterocycles. The van der Waals surface area contributed by atoms with E-state index in [9.17, 15) is 13.2 Å². The molecule has 0 bridgehead atoms. The minimum atomic E-state index is -3.21. The predicted octanol–water partition coefficient (Wildman–Crippen LogP) is 2.74. The van der Waals surface area contributed by atoms with E-state index in [0.717, 1.165) is 44.1 Å². The van der Waals surface area contributed by atoms with Crippen LogP contribution in [0.15, 0.2) is 24.3 Å². The van der Waals surface area contributed by atoms with E-state index >= 15 is 0 Å². The molecule has 1 N–H and O–H groups in total. The van der Waals surface area contributed by atoms with Crippen LogP contribution in [0.3, 0.4) is 0 Å². The second-order valence-electron chi connectivity index (χ2n) is 7.95. The number of hydrogen-bond acceptors (Lipinski definition) is 3. The monoisotopic (exact) mass is 378 g/mol. The molecule has 1 saturated carbocycles. The summed E-state index contributed by atoms with van der Waals surface area (Å²) in [6.45, 7) is 2.99. The number of rotatable bonds is 4. The molecule has 0 aromatic heterocycles. The summed E-state index contributed by atoms with van der Waals surface area (Å²) < 4.78 is 25.2. The Balaban J connectivity index is 1.80. The first kappa shape index (κ1) is 19.4. The van der Waals surface area contributed by atoms with Crippen molar-refractivity contribution < 1.29 is 13.2 Å². The molecule has 0 spiro atoms. The highest BCUT2D eigenvalue weighted by atomic mass is 32.2. The molecule has 6 heteroatoms. The van der Waals surface area contributed by atoms with Crippen molar-refractivity contribution in [3.05, 3.63) is 35.4 Å². The lowest BCUT2D eigenvalue weighted by Crippen LogP contribution is -2.54. The largest absolute Gasteiger partial charge is 0.351 e. The average Bonchev–Trinajstić information content (AvgIpc) is 2.62. The van der Waals surface area contributed by atoms with Gasteiger partial charge in [-0.2, -0.15) is 0 Å². The van der Waals surface area contributed by atoms with Crippen molar-refractivity contribution in [2.75, 3.05) is 19.3 Å². The summed E-state index contributed by atoms with van der Waals surface area (Å²) in [5.41, 5.74) is 1.80. The van der Waals surface area contributed by atoms with Crippen molar-refractivity contribution >= 4 is 15.9 Å². The van der Waals surface area contributed by atoms with Crippen LogP contribution in [0.5, 0.6) is 0 Å². The zero-order valence-electron chi connectivity index (χ0n) is 15.8. The maximum Gasteiger partial charge on any atom is 0.230 e. The summed E-state index contributed by atoms with van der Waals surface area (Å²) in [5.74, 6) is 0.0724. The fraction of sp³-hybridized carbons (Fsp3) is 0.650. The fourth-order valence-corrected chi connectivity index (χ4v) is 5.34. The number of sulfonamides is 1. The van der Waals surface area contributed by atoms with Crippen LogP contribution in [0.2, 0.25) is 0 Å². The van der Waals surface area contributed by atoms with Gasteiger partial charge < -0.3 is 5.32 Å². The molecule has 1 aliphatic carbocycles. The Labute approximate surface area is 157 Å². The molecule has 0 radical (unpaired) electrons. The Kier molecular flexibility index (Phi) is 5.72. The quantitative estimate of drug-likeness (QED) is 0.876. The van der Waals surface area contributed by atoms with Gasteiger partial charge in [0.25, 0.3) is 0 Å². The molecule has 1 saturated heterocycles. The maximum atomic E-state index is 13.4. The Morgan fingerprint density at radius 2 is 1.92 bits per heavy atom. The Morgan fingerprint density at radius 1 is 1.19 bits per heavy atom. The SMILES string of the molecule is Cc1cccc(C2(C(=O)NC3CCCN(S(C)(=O)=O)C3)CCCCC2)c1. The Morgan fingerprint density at radius 3 is 2.58 bits per heavy atom. The standard InChI is InChI=1S/C20H30N2O3S/c1-16-8-6-9-17(14-16)20(11-4-3-5-12-20)19(23)21-18-10-7-13-22(15-18)26(2,24)25/h6,8-9,14,18H,3-5,7,10-13,15H2,1-2H3,(H,21,23). The minimum Gasteiger partial charge on any atom is -0.351 e. The van der Waals surface area contributed by atoms with Crippen LogP contribution in [-0.2, 0) is 20.2 Å². The normalized spacial score (nSPS) is 24.2. The van der Waals surface area contributed by atoms with Crippen LogP contribution in [0.4, 0.5) is 0 Å². The molecule has 1 atom stereocenters. The number of benzene rings is 1. The Bertz CT molecular complexity index is 754. The lowest BCUT2D eigenvalue weighted by molar-refractivity contribution is -0.129. The molecule has 26 heavy (non-hydrogen) atoms. The van der Waals surface area contributed by atoms with Crippen molar-refractivity contribution in [1.82, 2.24) is 9.62 Å². The molecule has 5 nitrogen and oxygen atoms in total. The van der Waals surface area contributed by atoms with Crippen molar-refractivity contribution in [2.24, 2.45) is 0 Å². The minimum absolute atomic E-state index is 0.0724. The molecule has 1 aromatic carbocycles. The van der Waals surface area contributed by atoms with Crippen LogP contribution in [-0.4, -0.2) is 44.0 Å². The third-order valence-corrected chi connectivity index (χ3v) is 7.17. The van der Waals surface area contributed by atoms with E-state index in [4.69, 9.17) is 0 Å². The van der Waals surface area contributed by atoms with Gasteiger partial charge in [-0.15, -0.1) is 0 Å². The van der Waals surface area contributed by atoms with E-state index in [2.05, 4.69) is 30.4 Å². The van der Waals surface area contributed by atoms with Gasteiger partial charge in [0.15, 0.2) is 0 Å². The third kappa shape index (κ3) is 4.12. The number of piperidine rings is 1. The van der Waals surface area contributed by atoms with Gasteiger partial charge in [-0.1, -0.05) is 49.1 Å². The first-order chi connectivity index (χ1) is 12.3. The fourth-order valence-electron chi connectivity index (χ4n) is 4.43. The summed E-state index contributed by atoms with van der Waals surface area (Å²) in [4.78, 5) is 13.4. The highest BCUT2D eigenvalue weighted by Gasteiger charge is 2.42. The van der Waals surface area contributed by atoms with Gasteiger partial charge >= 0.3 is 0 Å². The molecule has 2 fully saturated rings. The molecule has 1 aromatic rings. The second-order valence-corrected chi connectivity index (χ2v) is 9.93. The highest BCUT2D eigenvalue weighted by molar-refractivity contribution is 7.88. The molecule has 1 amide bonds. The molecule has 2 aliphatic rings. The summed E-state index contributed by atoms with van der Waals surface area (Å²) in [7, 11) is -3.21. The van der Waals surface area contributed by atoms with Gasteiger partial charge in [0.05, 0.1) is 11.7 Å². The van der Waals surface area contributed by atoms with Crippen LogP contribution in [0.1, 0.15) is 56.1 Å². The second kappa shape index (κ2) is 7.69. The zero-order valence-corrected chi connectivity index (χ0v) is 16.6.